The van der Waals surface area contributed by atoms with Gasteiger partial charge in [-0.05, 0) is 50.1 Å². The molecule has 1 unspecified atom stereocenters. The van der Waals surface area contributed by atoms with Crippen molar-refractivity contribution in [3.05, 3.63) is 59.7 Å². The smallest absolute Gasteiger partial charge is 0.279 e. The Kier molecular flexibility index (Phi) is 9.21. The van der Waals surface area contributed by atoms with E-state index in [9.17, 15) is 14.4 Å². The van der Waals surface area contributed by atoms with Gasteiger partial charge in [-0.25, -0.2) is 0 Å². The van der Waals surface area contributed by atoms with E-state index in [2.05, 4.69) is 16.0 Å². The van der Waals surface area contributed by atoms with E-state index in [1.807, 2.05) is 45.0 Å². The number of hydrogen-bond donors (Lipinski definition) is 4. The highest BCUT2D eigenvalue weighted by atomic mass is 16.2. The molecule has 2 aromatic carbocycles. The van der Waals surface area contributed by atoms with Crippen LogP contribution in [0.15, 0.2) is 48.5 Å². The first kappa shape index (κ1) is 24.1. The van der Waals surface area contributed by atoms with E-state index in [0.29, 0.717) is 17.9 Å². The molecular formula is C24H33N4O3+. The SMILES string of the molecule is CC[C@H](NC(=O)C[NH+](CC)CC(=O)Nc1ccc(NC(C)=O)cc1)c1ccc(C)cc1. The Morgan fingerprint density at radius 1 is 0.839 bits per heavy atom. The average molecular weight is 426 g/mol. The predicted octanol–water partition coefficient (Wildman–Crippen LogP) is 2.06. The van der Waals surface area contributed by atoms with Gasteiger partial charge in [0.15, 0.2) is 13.1 Å². The first-order valence-corrected chi connectivity index (χ1v) is 10.7. The molecule has 4 N–H and O–H groups in total. The lowest BCUT2D eigenvalue weighted by atomic mass is 10.0. The fraction of sp³-hybridized carbons (Fsp3) is 0.375. The monoisotopic (exact) mass is 425 g/mol. The van der Waals surface area contributed by atoms with Crippen molar-refractivity contribution in [1.82, 2.24) is 5.32 Å². The number of rotatable bonds is 10. The number of anilines is 2. The standard InChI is InChI=1S/C24H32N4O3/c1-5-22(19-9-7-17(3)8-10-19)27-24(31)16-28(6-2)15-23(30)26-21-13-11-20(12-14-21)25-18(4)29/h7-14,22H,5-6,15-16H2,1-4H3,(H,25,29)(H,26,30)(H,27,31)/p+1/t22-/m0/s1. The minimum Gasteiger partial charge on any atom is -0.344 e. The molecular weight excluding hydrogens is 392 g/mol. The van der Waals surface area contributed by atoms with Crippen molar-refractivity contribution < 1.29 is 19.3 Å². The third-order valence-electron chi connectivity index (χ3n) is 5.03. The topological polar surface area (TPSA) is 91.7 Å². The van der Waals surface area contributed by atoms with Crippen molar-refractivity contribution in [2.75, 3.05) is 30.3 Å². The predicted molar refractivity (Wildman–Crippen MR) is 123 cm³/mol. The second-order valence-corrected chi connectivity index (χ2v) is 7.70. The fourth-order valence-corrected chi connectivity index (χ4v) is 3.28. The van der Waals surface area contributed by atoms with Gasteiger partial charge in [0.25, 0.3) is 11.8 Å². The lowest BCUT2D eigenvalue weighted by Gasteiger charge is -2.21. The molecule has 0 fully saturated rings. The molecule has 7 nitrogen and oxygen atoms in total. The maximum atomic E-state index is 12.6. The zero-order valence-corrected chi connectivity index (χ0v) is 18.7. The molecule has 2 aromatic rings. The number of amides is 3. The highest BCUT2D eigenvalue weighted by Crippen LogP contribution is 2.17. The van der Waals surface area contributed by atoms with Crippen molar-refractivity contribution >= 4 is 29.1 Å². The summed E-state index contributed by atoms with van der Waals surface area (Å²) >= 11 is 0. The molecule has 166 valence electrons. The Labute approximate surface area is 184 Å². The van der Waals surface area contributed by atoms with E-state index in [0.717, 1.165) is 16.9 Å². The van der Waals surface area contributed by atoms with Crippen LogP contribution in [0, 0.1) is 6.92 Å². The molecule has 0 aliphatic heterocycles. The van der Waals surface area contributed by atoms with Crippen molar-refractivity contribution in [2.24, 2.45) is 0 Å². The number of likely N-dealkylation sites (N-methyl/N-ethyl adjacent to an activating group) is 1. The number of nitrogens with one attached hydrogen (secondary N) is 4. The summed E-state index contributed by atoms with van der Waals surface area (Å²) in [4.78, 5) is 37.0. The normalized spacial score (nSPS) is 12.5. The highest BCUT2D eigenvalue weighted by Gasteiger charge is 2.19. The van der Waals surface area contributed by atoms with Gasteiger partial charge in [-0.2, -0.15) is 0 Å². The van der Waals surface area contributed by atoms with Crippen LogP contribution < -0.4 is 20.9 Å². The van der Waals surface area contributed by atoms with Gasteiger partial charge >= 0.3 is 0 Å². The zero-order valence-electron chi connectivity index (χ0n) is 18.7. The number of benzene rings is 2. The Bertz CT molecular complexity index is 879. The minimum absolute atomic E-state index is 0.0397. The van der Waals surface area contributed by atoms with Gasteiger partial charge in [0.1, 0.15) is 0 Å². The van der Waals surface area contributed by atoms with E-state index in [4.69, 9.17) is 0 Å². The third kappa shape index (κ3) is 8.22. The van der Waals surface area contributed by atoms with Gasteiger partial charge in [-0.3, -0.25) is 14.4 Å². The Morgan fingerprint density at radius 3 is 1.90 bits per heavy atom. The van der Waals surface area contributed by atoms with Crippen LogP contribution in [0.25, 0.3) is 0 Å². The fourth-order valence-electron chi connectivity index (χ4n) is 3.28. The van der Waals surface area contributed by atoms with Crippen LogP contribution >= 0.6 is 0 Å². The molecule has 0 bridgehead atoms. The summed E-state index contributed by atoms with van der Waals surface area (Å²) in [6.07, 6.45) is 0.797. The van der Waals surface area contributed by atoms with Gasteiger partial charge in [0.2, 0.25) is 5.91 Å². The molecule has 2 atom stereocenters. The van der Waals surface area contributed by atoms with Crippen LogP contribution in [0.3, 0.4) is 0 Å². The van der Waals surface area contributed by atoms with E-state index >= 15 is 0 Å². The van der Waals surface area contributed by atoms with Crippen LogP contribution in [-0.4, -0.2) is 37.4 Å². The largest absolute Gasteiger partial charge is 0.344 e. The number of carbonyl (C=O) groups is 3. The third-order valence-corrected chi connectivity index (χ3v) is 5.03. The molecule has 3 amide bonds. The van der Waals surface area contributed by atoms with Crippen LogP contribution in [0.2, 0.25) is 0 Å². The summed E-state index contributed by atoms with van der Waals surface area (Å²) < 4.78 is 0. The van der Waals surface area contributed by atoms with E-state index < -0.39 is 0 Å². The molecule has 0 aliphatic carbocycles. The van der Waals surface area contributed by atoms with Crippen LogP contribution in [-0.2, 0) is 14.4 Å². The van der Waals surface area contributed by atoms with Crippen LogP contribution in [0.5, 0.6) is 0 Å². The summed E-state index contributed by atoms with van der Waals surface area (Å²) in [5, 5.41) is 8.61. The van der Waals surface area contributed by atoms with Crippen LogP contribution in [0.1, 0.15) is 44.4 Å². The first-order valence-electron chi connectivity index (χ1n) is 10.7. The summed E-state index contributed by atoms with van der Waals surface area (Å²) in [6, 6.07) is 15.0. The Balaban J connectivity index is 1.87. The van der Waals surface area contributed by atoms with Gasteiger partial charge in [0.05, 0.1) is 12.6 Å². The summed E-state index contributed by atoms with van der Waals surface area (Å²) in [5.41, 5.74) is 3.58. The van der Waals surface area contributed by atoms with Crippen molar-refractivity contribution in [2.45, 2.75) is 40.2 Å². The molecule has 7 heteroatoms. The lowest BCUT2D eigenvalue weighted by Crippen LogP contribution is -3.14. The molecule has 0 radical (unpaired) electrons. The first-order chi connectivity index (χ1) is 14.8. The lowest BCUT2D eigenvalue weighted by molar-refractivity contribution is -0.881. The summed E-state index contributed by atoms with van der Waals surface area (Å²) in [6.45, 7) is 8.55. The van der Waals surface area contributed by atoms with Gasteiger partial charge < -0.3 is 20.9 Å². The number of hydrogen-bond acceptors (Lipinski definition) is 3. The zero-order chi connectivity index (χ0) is 22.8. The molecule has 0 spiro atoms. The highest BCUT2D eigenvalue weighted by molar-refractivity contribution is 5.92. The van der Waals surface area contributed by atoms with E-state index in [1.54, 1.807) is 24.3 Å². The quantitative estimate of drug-likeness (QED) is 0.470. The molecule has 0 saturated heterocycles. The van der Waals surface area contributed by atoms with Crippen molar-refractivity contribution in [3.8, 4) is 0 Å². The molecule has 31 heavy (non-hydrogen) atoms. The minimum atomic E-state index is -0.164. The average Bonchev–Trinajstić information content (AvgIpc) is 2.73. The number of quaternary nitrogens is 1. The van der Waals surface area contributed by atoms with Gasteiger partial charge in [-0.1, -0.05) is 36.8 Å². The second kappa shape index (κ2) is 11.9. The molecule has 2 rings (SSSR count). The number of carbonyl (C=O) groups excluding carboxylic acids is 3. The van der Waals surface area contributed by atoms with Crippen LogP contribution in [0.4, 0.5) is 11.4 Å². The van der Waals surface area contributed by atoms with Crippen molar-refractivity contribution in [3.63, 3.8) is 0 Å². The summed E-state index contributed by atoms with van der Waals surface area (Å²) in [7, 11) is 0. The Hall–Kier alpha value is -3.19. The van der Waals surface area contributed by atoms with E-state index in [-0.39, 0.29) is 36.9 Å². The van der Waals surface area contributed by atoms with Gasteiger partial charge in [0, 0.05) is 18.3 Å². The maximum absolute atomic E-state index is 12.6. The Morgan fingerprint density at radius 2 is 1.39 bits per heavy atom. The summed E-state index contributed by atoms with van der Waals surface area (Å²) in [5.74, 6) is -0.385. The van der Waals surface area contributed by atoms with Gasteiger partial charge in [-0.15, -0.1) is 0 Å². The second-order valence-electron chi connectivity index (χ2n) is 7.70. The van der Waals surface area contributed by atoms with Crippen molar-refractivity contribution in [1.29, 1.82) is 0 Å². The molecule has 0 saturated carbocycles. The molecule has 0 heterocycles. The molecule has 0 aliphatic rings. The van der Waals surface area contributed by atoms with E-state index in [1.165, 1.54) is 12.5 Å². The maximum Gasteiger partial charge on any atom is 0.279 e. The number of aryl methyl sites for hydroxylation is 1. The molecule has 0 aromatic heterocycles.